The highest BCUT2D eigenvalue weighted by molar-refractivity contribution is 8.01. The van der Waals surface area contributed by atoms with Gasteiger partial charge in [0.25, 0.3) is 11.7 Å². The minimum atomic E-state index is -1.60. The van der Waals surface area contributed by atoms with Gasteiger partial charge in [-0.25, -0.2) is 14.0 Å². The number of alkyl halides is 1. The number of thioether (sulfide) groups is 1. The average Bonchev–Trinajstić information content (AvgIpc) is 2.65. The molecule has 0 spiro atoms. The predicted molar refractivity (Wildman–Crippen MR) is 74.6 cm³/mol. The van der Waals surface area contributed by atoms with Crippen molar-refractivity contribution in [3.8, 4) is 0 Å². The van der Waals surface area contributed by atoms with Gasteiger partial charge in [-0.05, 0) is 13.8 Å². The fraction of sp³-hybridized carbons (Fsp3) is 0.769. The van der Waals surface area contributed by atoms with Gasteiger partial charge in [-0.2, -0.15) is 0 Å². The van der Waals surface area contributed by atoms with Crippen molar-refractivity contribution in [1.29, 1.82) is 0 Å². The van der Waals surface area contributed by atoms with Crippen molar-refractivity contribution in [2.45, 2.75) is 55.8 Å². The van der Waals surface area contributed by atoms with E-state index in [0.29, 0.717) is 0 Å². The largest absolute Gasteiger partial charge is 0.511 e. The summed E-state index contributed by atoms with van der Waals surface area (Å²) in [5.74, 6) is -3.04. The molecule has 2 rings (SSSR count). The second-order valence-electron chi connectivity index (χ2n) is 6.04. The molecule has 0 aliphatic carbocycles. The summed E-state index contributed by atoms with van der Waals surface area (Å²) in [6, 6.07) is -0.942. The van der Waals surface area contributed by atoms with E-state index in [0.717, 1.165) is 7.11 Å². The minimum absolute atomic E-state index is 0.676. The molecule has 1 amide bonds. The van der Waals surface area contributed by atoms with E-state index in [1.165, 1.54) is 30.5 Å². The maximum Gasteiger partial charge on any atom is 0.511 e. The molecule has 22 heavy (non-hydrogen) atoms. The lowest BCUT2D eigenvalue weighted by Gasteiger charge is -2.40. The molecule has 0 saturated carbocycles. The van der Waals surface area contributed by atoms with Gasteiger partial charge in [-0.15, -0.1) is 11.8 Å². The number of fused-ring (bicyclic) bond motifs is 1. The Balaban J connectivity index is 2.12. The van der Waals surface area contributed by atoms with Gasteiger partial charge in [0.2, 0.25) is 6.17 Å². The number of hydrogen-bond acceptors (Lipinski definition) is 7. The van der Waals surface area contributed by atoms with Crippen molar-refractivity contribution in [3.05, 3.63) is 0 Å². The Bertz CT molecular complexity index is 523. The quantitative estimate of drug-likeness (QED) is 0.438. The normalized spacial score (nSPS) is 29.5. The summed E-state index contributed by atoms with van der Waals surface area (Å²) in [6.07, 6.45) is -2.60. The first kappa shape index (κ1) is 16.9. The van der Waals surface area contributed by atoms with E-state index < -0.39 is 46.2 Å². The smallest absolute Gasteiger partial charge is 0.438 e. The highest BCUT2D eigenvalue weighted by atomic mass is 32.2. The Labute approximate surface area is 131 Å². The molecule has 0 radical (unpaired) electrons. The van der Waals surface area contributed by atoms with Gasteiger partial charge in [-0.1, -0.05) is 0 Å². The Hall–Kier alpha value is -1.51. The van der Waals surface area contributed by atoms with Crippen LogP contribution in [-0.4, -0.2) is 58.2 Å². The third-order valence-electron chi connectivity index (χ3n) is 3.44. The molecule has 3 atom stereocenters. The Morgan fingerprint density at radius 2 is 1.91 bits per heavy atom. The van der Waals surface area contributed by atoms with Gasteiger partial charge in [-0.3, -0.25) is 4.79 Å². The Morgan fingerprint density at radius 3 is 2.45 bits per heavy atom. The van der Waals surface area contributed by atoms with Crippen LogP contribution in [0.4, 0.5) is 9.18 Å². The van der Waals surface area contributed by atoms with Crippen molar-refractivity contribution < 1.29 is 33.0 Å². The predicted octanol–water partition coefficient (Wildman–Crippen LogP) is 1.45. The minimum Gasteiger partial charge on any atom is -0.438 e. The summed E-state index contributed by atoms with van der Waals surface area (Å²) < 4.78 is 27.2. The summed E-state index contributed by atoms with van der Waals surface area (Å²) in [5.41, 5.74) is 0. The number of carbonyl (C=O) groups excluding carboxylic acids is 3. The Morgan fingerprint density at radius 1 is 1.32 bits per heavy atom. The number of β-lactam (4-membered cyclic amide) rings is 1. The molecule has 0 unspecified atom stereocenters. The molecule has 2 heterocycles. The first-order chi connectivity index (χ1) is 10.00. The summed E-state index contributed by atoms with van der Waals surface area (Å²) in [7, 11) is 1.13. The maximum absolute atomic E-state index is 13.6. The fourth-order valence-electron chi connectivity index (χ4n) is 2.51. The summed E-state index contributed by atoms with van der Waals surface area (Å²) in [4.78, 5) is 36.4. The number of hydrogen-bond donors (Lipinski definition) is 0. The molecule has 0 aromatic heterocycles. The molecule has 2 fully saturated rings. The molecule has 9 heteroatoms. The Kier molecular flexibility index (Phi) is 4.05. The molecule has 2 aliphatic heterocycles. The van der Waals surface area contributed by atoms with E-state index in [4.69, 9.17) is 9.47 Å². The SMILES string of the molecule is COC(=O)OC(C)(C)OC(=O)[C@@H]1N2C(=O)[C@@H](F)[C@H]2SC1(C)C. The zero-order valence-corrected chi connectivity index (χ0v) is 13.7. The number of halogens is 1. The lowest BCUT2D eigenvalue weighted by molar-refractivity contribution is -0.208. The van der Waals surface area contributed by atoms with Crippen LogP contribution in [0.25, 0.3) is 0 Å². The van der Waals surface area contributed by atoms with E-state index in [9.17, 15) is 18.8 Å². The van der Waals surface area contributed by atoms with Gasteiger partial charge >= 0.3 is 12.1 Å². The van der Waals surface area contributed by atoms with E-state index in [-0.39, 0.29) is 0 Å². The van der Waals surface area contributed by atoms with Crippen LogP contribution in [0, 0.1) is 0 Å². The summed E-state index contributed by atoms with van der Waals surface area (Å²) in [5, 5.41) is -0.676. The molecule has 0 aromatic rings. The average molecular weight is 335 g/mol. The van der Waals surface area contributed by atoms with Crippen molar-refractivity contribution in [2.75, 3.05) is 7.11 Å². The van der Waals surface area contributed by atoms with Crippen molar-refractivity contribution in [1.82, 2.24) is 4.90 Å². The molecule has 7 nitrogen and oxygen atoms in total. The highest BCUT2D eigenvalue weighted by Crippen LogP contribution is 2.52. The second kappa shape index (κ2) is 5.29. The van der Waals surface area contributed by atoms with Gasteiger partial charge in [0.05, 0.1) is 7.11 Å². The van der Waals surface area contributed by atoms with Crippen LogP contribution < -0.4 is 0 Å². The monoisotopic (exact) mass is 335 g/mol. The van der Waals surface area contributed by atoms with E-state index >= 15 is 0 Å². The number of amides is 1. The topological polar surface area (TPSA) is 82.1 Å². The summed E-state index contributed by atoms with van der Waals surface area (Å²) in [6.45, 7) is 6.20. The lowest BCUT2D eigenvalue weighted by Crippen LogP contribution is -2.64. The van der Waals surface area contributed by atoms with Crippen molar-refractivity contribution >= 4 is 29.8 Å². The molecule has 124 valence electrons. The van der Waals surface area contributed by atoms with E-state index in [1.807, 2.05) is 0 Å². The lowest BCUT2D eigenvalue weighted by atomic mass is 9.97. The zero-order chi connectivity index (χ0) is 16.9. The van der Waals surface area contributed by atoms with Crippen LogP contribution in [0.3, 0.4) is 0 Å². The van der Waals surface area contributed by atoms with Crippen LogP contribution in [0.1, 0.15) is 27.7 Å². The fourth-order valence-corrected chi connectivity index (χ4v) is 4.04. The zero-order valence-electron chi connectivity index (χ0n) is 12.9. The van der Waals surface area contributed by atoms with Crippen LogP contribution in [0.2, 0.25) is 0 Å². The third-order valence-corrected chi connectivity index (χ3v) is 4.98. The van der Waals surface area contributed by atoms with Crippen LogP contribution in [-0.2, 0) is 23.8 Å². The number of rotatable bonds is 3. The van der Waals surface area contributed by atoms with E-state index in [2.05, 4.69) is 4.74 Å². The van der Waals surface area contributed by atoms with E-state index in [1.54, 1.807) is 13.8 Å². The van der Waals surface area contributed by atoms with Crippen molar-refractivity contribution in [2.24, 2.45) is 0 Å². The molecule has 0 N–H and O–H groups in total. The molecular formula is C13H18FNO6S. The standard InChI is InChI=1S/C13H18FNO6S/c1-12(2)7(15-8(16)6(14)9(15)22-12)10(17)20-13(3,4)21-11(18)19-5/h6-7,9H,1-5H3/t6-,7+,9-/m1/s1. The van der Waals surface area contributed by atoms with Gasteiger partial charge in [0.1, 0.15) is 11.4 Å². The van der Waals surface area contributed by atoms with Crippen LogP contribution in [0.5, 0.6) is 0 Å². The molecule has 2 aliphatic rings. The second-order valence-corrected chi connectivity index (χ2v) is 7.81. The van der Waals surface area contributed by atoms with Crippen LogP contribution in [0.15, 0.2) is 0 Å². The molecule has 0 aromatic carbocycles. The van der Waals surface area contributed by atoms with Crippen LogP contribution >= 0.6 is 11.8 Å². The maximum atomic E-state index is 13.6. The highest BCUT2D eigenvalue weighted by Gasteiger charge is 2.65. The number of esters is 1. The first-order valence-electron chi connectivity index (χ1n) is 6.64. The number of nitrogens with zero attached hydrogens (tertiary/aromatic N) is 1. The van der Waals surface area contributed by atoms with Gasteiger partial charge in [0, 0.05) is 18.6 Å². The third kappa shape index (κ3) is 2.73. The van der Waals surface area contributed by atoms with Gasteiger partial charge < -0.3 is 19.1 Å². The number of ether oxygens (including phenoxy) is 3. The first-order valence-corrected chi connectivity index (χ1v) is 7.52. The summed E-state index contributed by atoms with van der Waals surface area (Å²) >= 11 is 1.21. The molecule has 2 saturated heterocycles. The van der Waals surface area contributed by atoms with Gasteiger partial charge in [0.15, 0.2) is 0 Å². The molecular weight excluding hydrogens is 317 g/mol. The van der Waals surface area contributed by atoms with Crippen molar-refractivity contribution in [3.63, 3.8) is 0 Å². The number of carbonyl (C=O) groups is 3. The number of methoxy groups -OCH3 is 1. The molecule has 0 bridgehead atoms.